The monoisotopic (exact) mass is 257 g/mol. The van der Waals surface area contributed by atoms with Crippen molar-refractivity contribution in [2.75, 3.05) is 0 Å². The SMILES string of the molecule is O.O=P([O-])([O-])[O-].[Cu+2].[OH-].[Zn+2]. The summed E-state index contributed by atoms with van der Waals surface area (Å²) in [5, 5.41) is 0. The minimum Gasteiger partial charge on any atom is -0.870 e. The predicted molar refractivity (Wildman–Crippen MR) is 13.2 cm³/mol. The summed E-state index contributed by atoms with van der Waals surface area (Å²) < 4.78 is 8.55. The van der Waals surface area contributed by atoms with Crippen LogP contribution < -0.4 is 14.7 Å². The Morgan fingerprint density at radius 3 is 1.11 bits per heavy atom. The van der Waals surface area contributed by atoms with Crippen LogP contribution in [0.5, 0.6) is 0 Å². The van der Waals surface area contributed by atoms with E-state index in [1.54, 1.807) is 0 Å². The van der Waals surface area contributed by atoms with Crippen LogP contribution in [0.15, 0.2) is 0 Å². The van der Waals surface area contributed by atoms with Crippen molar-refractivity contribution < 1.29 is 66.7 Å². The largest absolute Gasteiger partial charge is 2.00 e. The molecular formula is H3CuO6PZn. The molecule has 0 saturated carbocycles. The normalized spacial score (nSPS) is 6.56. The number of hydrogen-bond acceptors (Lipinski definition) is 5. The quantitative estimate of drug-likeness (QED) is 0.322. The third kappa shape index (κ3) is 343. The standard InChI is InChI=1S/Cu.H3O4P.2H2O.Zn/c;1-5(2,3)4;;;/h;(H3,1,2,3,4);2*1H2;/q+2;;;;+2/p-4. The van der Waals surface area contributed by atoms with Crippen LogP contribution in [-0.2, 0) is 41.1 Å². The molecule has 0 aliphatic heterocycles. The van der Waals surface area contributed by atoms with E-state index >= 15 is 0 Å². The molecule has 9 heavy (non-hydrogen) atoms. The van der Waals surface area contributed by atoms with Crippen molar-refractivity contribution in [3.05, 3.63) is 0 Å². The van der Waals surface area contributed by atoms with Crippen LogP contribution in [0.25, 0.3) is 0 Å². The third-order valence-electron chi connectivity index (χ3n) is 0. The number of hydrogen-bond donors (Lipinski definition) is 0. The number of rotatable bonds is 0. The molecule has 0 atom stereocenters. The molecule has 0 spiro atoms. The summed E-state index contributed by atoms with van der Waals surface area (Å²) in [4.78, 5) is 25.6. The van der Waals surface area contributed by atoms with Gasteiger partial charge in [-0.3, -0.25) is 0 Å². The Hall–Kier alpha value is 1.17. The summed E-state index contributed by atoms with van der Waals surface area (Å²) in [5.74, 6) is 0. The maximum Gasteiger partial charge on any atom is 2.00 e. The van der Waals surface area contributed by atoms with Gasteiger partial charge in [0, 0.05) is 0 Å². The number of phosphoric acid groups is 1. The van der Waals surface area contributed by atoms with E-state index in [9.17, 15) is 0 Å². The molecule has 57 valence electrons. The van der Waals surface area contributed by atoms with Crippen molar-refractivity contribution in [2.24, 2.45) is 0 Å². The van der Waals surface area contributed by atoms with E-state index in [4.69, 9.17) is 19.2 Å². The molecular weight excluding hydrogens is 256 g/mol. The summed E-state index contributed by atoms with van der Waals surface area (Å²) in [6, 6.07) is 0. The second kappa shape index (κ2) is 11.9. The zero-order chi connectivity index (χ0) is 4.50. The minimum atomic E-state index is -5.39. The first-order valence-electron chi connectivity index (χ1n) is 0.730. The fourth-order valence-corrected chi connectivity index (χ4v) is 0. The second-order valence-corrected chi connectivity index (χ2v) is 1.34. The average Bonchev–Trinajstić information content (AvgIpc) is 0.722. The summed E-state index contributed by atoms with van der Waals surface area (Å²) >= 11 is 0. The summed E-state index contributed by atoms with van der Waals surface area (Å²) in [6.45, 7) is 0. The Balaban J connectivity index is -0.0000000133. The van der Waals surface area contributed by atoms with Crippen molar-refractivity contribution in [1.82, 2.24) is 0 Å². The van der Waals surface area contributed by atoms with Gasteiger partial charge in [0.2, 0.25) is 0 Å². The van der Waals surface area contributed by atoms with Gasteiger partial charge in [-0.05, 0) is 0 Å². The van der Waals surface area contributed by atoms with Crippen LogP contribution >= 0.6 is 7.82 Å². The Kier molecular flexibility index (Phi) is 42.3. The van der Waals surface area contributed by atoms with Crippen LogP contribution in [0.3, 0.4) is 0 Å². The van der Waals surface area contributed by atoms with Gasteiger partial charge in [0.15, 0.2) is 0 Å². The summed E-state index contributed by atoms with van der Waals surface area (Å²) in [5.41, 5.74) is 0. The molecule has 0 amide bonds. The maximum atomic E-state index is 8.55. The van der Waals surface area contributed by atoms with Gasteiger partial charge in [-0.2, -0.15) is 7.82 Å². The summed E-state index contributed by atoms with van der Waals surface area (Å²) in [6.07, 6.45) is 0. The molecule has 0 saturated heterocycles. The smallest absolute Gasteiger partial charge is 0.870 e. The van der Waals surface area contributed by atoms with Crippen molar-refractivity contribution >= 4 is 7.82 Å². The third-order valence-corrected chi connectivity index (χ3v) is 0. The minimum absolute atomic E-state index is 0. The Bertz CT molecular complexity index is 59.2. The zero-order valence-electron chi connectivity index (χ0n) is 4.04. The molecule has 1 radical (unpaired) electrons. The van der Waals surface area contributed by atoms with Gasteiger partial charge in [0.1, 0.15) is 0 Å². The molecule has 3 N–H and O–H groups in total. The van der Waals surface area contributed by atoms with E-state index in [0.717, 1.165) is 0 Å². The zero-order valence-corrected chi connectivity index (χ0v) is 8.84. The van der Waals surface area contributed by atoms with Crippen LogP contribution in [0, 0.1) is 0 Å². The van der Waals surface area contributed by atoms with E-state index in [1.165, 1.54) is 0 Å². The first kappa shape index (κ1) is 32.0. The Morgan fingerprint density at radius 2 is 1.11 bits per heavy atom. The fourth-order valence-electron chi connectivity index (χ4n) is 0. The maximum absolute atomic E-state index is 8.55. The Morgan fingerprint density at radius 1 is 1.11 bits per heavy atom. The van der Waals surface area contributed by atoms with Crippen molar-refractivity contribution in [3.63, 3.8) is 0 Å². The van der Waals surface area contributed by atoms with Gasteiger partial charge in [0.25, 0.3) is 0 Å². The predicted octanol–water partition coefficient (Wildman–Crippen LogP) is -3.83. The van der Waals surface area contributed by atoms with E-state index in [0.29, 0.717) is 0 Å². The first-order chi connectivity index (χ1) is 2.00. The van der Waals surface area contributed by atoms with Crippen LogP contribution in [0.2, 0.25) is 0 Å². The molecule has 0 aromatic carbocycles. The second-order valence-electron chi connectivity index (χ2n) is 0.447. The molecule has 0 aliphatic rings. The van der Waals surface area contributed by atoms with Gasteiger partial charge in [0.05, 0.1) is 0 Å². The molecule has 9 heteroatoms. The van der Waals surface area contributed by atoms with Gasteiger partial charge in [-0.15, -0.1) is 0 Å². The summed E-state index contributed by atoms with van der Waals surface area (Å²) in [7, 11) is -5.39. The van der Waals surface area contributed by atoms with E-state index in [2.05, 4.69) is 0 Å². The molecule has 6 nitrogen and oxygen atoms in total. The van der Waals surface area contributed by atoms with Gasteiger partial charge in [-0.25, -0.2) is 0 Å². The topological polar surface area (TPSA) is 148 Å². The molecule has 0 bridgehead atoms. The van der Waals surface area contributed by atoms with Gasteiger partial charge >= 0.3 is 36.5 Å². The van der Waals surface area contributed by atoms with E-state index < -0.39 is 7.82 Å². The molecule has 0 unspecified atom stereocenters. The molecule has 0 fully saturated rings. The van der Waals surface area contributed by atoms with Crippen LogP contribution in [-0.4, -0.2) is 11.0 Å². The Labute approximate surface area is 74.7 Å². The first-order valence-corrected chi connectivity index (χ1v) is 2.19. The molecule has 0 rings (SSSR count). The molecule has 0 aromatic heterocycles. The van der Waals surface area contributed by atoms with E-state index in [1.807, 2.05) is 0 Å². The molecule has 0 aliphatic carbocycles. The van der Waals surface area contributed by atoms with E-state index in [-0.39, 0.29) is 47.5 Å². The van der Waals surface area contributed by atoms with Crippen molar-refractivity contribution in [3.8, 4) is 0 Å². The fraction of sp³-hybridized carbons (Fsp3) is 0. The van der Waals surface area contributed by atoms with Crippen LogP contribution in [0.1, 0.15) is 0 Å². The van der Waals surface area contributed by atoms with Crippen molar-refractivity contribution in [2.45, 2.75) is 0 Å². The van der Waals surface area contributed by atoms with Gasteiger partial charge in [-0.1, -0.05) is 0 Å². The molecule has 0 aromatic rings. The average molecular weight is 259 g/mol. The van der Waals surface area contributed by atoms with Crippen molar-refractivity contribution in [1.29, 1.82) is 0 Å². The van der Waals surface area contributed by atoms with Gasteiger partial charge < -0.3 is 30.2 Å². The van der Waals surface area contributed by atoms with Crippen LogP contribution in [0.4, 0.5) is 0 Å². The molecule has 0 heterocycles.